The average Bonchev–Trinajstić information content (AvgIpc) is 2.31. The number of rotatable bonds is 7. The van der Waals surface area contributed by atoms with Crippen LogP contribution in [0.3, 0.4) is 0 Å². The van der Waals surface area contributed by atoms with E-state index in [-0.39, 0.29) is 0 Å². The largest absolute Gasteiger partial charge is 0.320 e. The topological polar surface area (TPSA) is 3.24 Å². The minimum absolute atomic E-state index is 0.355. The fraction of sp³-hybridized carbons (Fsp3) is 0.286. The zero-order chi connectivity index (χ0) is 14.5. The molecule has 0 bridgehead atoms. The quantitative estimate of drug-likeness (QED) is 0.456. The van der Waals surface area contributed by atoms with Gasteiger partial charge in [-0.2, -0.15) is 8.78 Å². The molecule has 0 saturated carbocycles. The Hall–Kier alpha value is -0.520. The summed E-state index contributed by atoms with van der Waals surface area (Å²) in [6.45, 7) is 7.93. The van der Waals surface area contributed by atoms with Crippen LogP contribution >= 0.6 is 31.9 Å². The van der Waals surface area contributed by atoms with Crippen molar-refractivity contribution < 1.29 is 8.78 Å². The third kappa shape index (κ3) is 4.82. The van der Waals surface area contributed by atoms with E-state index in [1.54, 1.807) is 41.3 Å². The molecule has 1 aromatic carbocycles. The second-order valence-corrected chi connectivity index (χ2v) is 6.00. The molecule has 0 aliphatic heterocycles. The Labute approximate surface area is 129 Å². The molecule has 0 fully saturated rings. The maximum absolute atomic E-state index is 13.9. The third-order valence-corrected chi connectivity index (χ3v) is 3.55. The normalized spacial score (nSPS) is 13.3. The molecule has 1 aromatic rings. The fourth-order valence-electron chi connectivity index (χ4n) is 1.87. The molecule has 19 heavy (non-hydrogen) atoms. The lowest BCUT2D eigenvalue weighted by molar-refractivity contribution is 0.00947. The summed E-state index contributed by atoms with van der Waals surface area (Å²) in [4.78, 5) is -1.43. The van der Waals surface area contributed by atoms with Crippen LogP contribution in [0.15, 0.2) is 54.0 Å². The van der Waals surface area contributed by atoms with Gasteiger partial charge in [0.15, 0.2) is 0 Å². The molecule has 1 nitrogen and oxygen atoms in total. The van der Waals surface area contributed by atoms with E-state index in [1.807, 2.05) is 0 Å². The molecule has 0 aromatic heterocycles. The summed E-state index contributed by atoms with van der Waals surface area (Å²) in [5, 5.41) is 0. The molecular weight excluding hydrogens is 380 g/mol. The standard InChI is InChI=1S/C14H15Br2F2N/c1-3-9-19(10-4-2)13(14(16,17)18)11-5-7-12(15)8-6-11/h3-8,13H,1-2,9-10H2. The van der Waals surface area contributed by atoms with E-state index in [4.69, 9.17) is 0 Å². The smallest absolute Gasteiger partial charge is 0.283 e. The summed E-state index contributed by atoms with van der Waals surface area (Å²) in [6, 6.07) is 5.80. The predicted molar refractivity (Wildman–Crippen MR) is 82.7 cm³/mol. The van der Waals surface area contributed by atoms with Crippen molar-refractivity contribution >= 4 is 31.9 Å². The van der Waals surface area contributed by atoms with Gasteiger partial charge in [0.25, 0.3) is 0 Å². The summed E-state index contributed by atoms with van der Waals surface area (Å²) in [5.41, 5.74) is 0.536. The molecule has 0 aliphatic rings. The van der Waals surface area contributed by atoms with Crippen LogP contribution in [0.25, 0.3) is 0 Å². The van der Waals surface area contributed by atoms with Crippen molar-refractivity contribution in [2.75, 3.05) is 13.1 Å². The molecule has 0 N–H and O–H groups in total. The maximum atomic E-state index is 13.9. The first-order valence-corrected chi connectivity index (χ1v) is 7.26. The molecule has 104 valence electrons. The molecule has 1 unspecified atom stereocenters. The average molecular weight is 395 g/mol. The molecule has 5 heteroatoms. The Kier molecular flexibility index (Phi) is 6.36. The van der Waals surface area contributed by atoms with Crippen LogP contribution in [0.2, 0.25) is 0 Å². The Morgan fingerprint density at radius 2 is 1.63 bits per heavy atom. The number of alkyl halides is 3. The van der Waals surface area contributed by atoms with Crippen LogP contribution in [0.5, 0.6) is 0 Å². The van der Waals surface area contributed by atoms with Crippen LogP contribution < -0.4 is 0 Å². The number of benzene rings is 1. The summed E-state index contributed by atoms with van der Waals surface area (Å²) >= 11 is 5.78. The van der Waals surface area contributed by atoms with Crippen molar-refractivity contribution in [3.8, 4) is 0 Å². The number of hydrogen-bond donors (Lipinski definition) is 0. The summed E-state index contributed by atoms with van der Waals surface area (Å²) < 4.78 is 28.6. The zero-order valence-corrected chi connectivity index (χ0v) is 13.5. The maximum Gasteiger partial charge on any atom is 0.320 e. The molecular formula is C14H15Br2F2N. The minimum atomic E-state index is -3.03. The van der Waals surface area contributed by atoms with Crippen molar-refractivity contribution in [3.05, 3.63) is 59.6 Å². The van der Waals surface area contributed by atoms with Gasteiger partial charge in [-0.05, 0) is 33.6 Å². The molecule has 0 spiro atoms. The van der Waals surface area contributed by atoms with Gasteiger partial charge in [-0.1, -0.05) is 40.2 Å². The molecule has 0 saturated heterocycles. The Morgan fingerprint density at radius 1 is 1.16 bits per heavy atom. The highest BCUT2D eigenvalue weighted by atomic mass is 79.9. The number of halogens is 4. The van der Waals surface area contributed by atoms with E-state index >= 15 is 0 Å². The number of nitrogens with zero attached hydrogens (tertiary/aromatic N) is 1. The van der Waals surface area contributed by atoms with Crippen LogP contribution in [-0.4, -0.2) is 22.8 Å². The van der Waals surface area contributed by atoms with Gasteiger partial charge < -0.3 is 0 Å². The van der Waals surface area contributed by atoms with E-state index in [0.29, 0.717) is 18.7 Å². The van der Waals surface area contributed by atoms with Gasteiger partial charge in [-0.3, -0.25) is 4.90 Å². The van der Waals surface area contributed by atoms with E-state index < -0.39 is 10.9 Å². The van der Waals surface area contributed by atoms with Crippen LogP contribution in [0.4, 0.5) is 8.78 Å². The van der Waals surface area contributed by atoms with Gasteiger partial charge in [0.1, 0.15) is 6.04 Å². The fourth-order valence-corrected chi connectivity index (χ4v) is 2.69. The van der Waals surface area contributed by atoms with E-state index in [2.05, 4.69) is 45.0 Å². The summed E-state index contributed by atoms with van der Waals surface area (Å²) in [5.74, 6) is 0. The third-order valence-electron chi connectivity index (χ3n) is 2.59. The van der Waals surface area contributed by atoms with Crippen molar-refractivity contribution in [2.24, 2.45) is 0 Å². The van der Waals surface area contributed by atoms with Crippen molar-refractivity contribution in [1.82, 2.24) is 4.90 Å². The van der Waals surface area contributed by atoms with E-state index in [0.717, 1.165) is 4.47 Å². The summed E-state index contributed by atoms with van der Waals surface area (Å²) in [6.07, 6.45) is 3.21. The predicted octanol–water partition coefficient (Wildman–Crippen LogP) is 5.15. The van der Waals surface area contributed by atoms with Gasteiger partial charge in [0.05, 0.1) is 0 Å². The lowest BCUT2D eigenvalue weighted by Gasteiger charge is -2.33. The zero-order valence-electron chi connectivity index (χ0n) is 10.3. The monoisotopic (exact) mass is 393 g/mol. The second kappa shape index (κ2) is 7.31. The highest BCUT2D eigenvalue weighted by Gasteiger charge is 2.41. The first-order chi connectivity index (χ1) is 8.90. The van der Waals surface area contributed by atoms with Crippen LogP contribution in [-0.2, 0) is 0 Å². The lowest BCUT2D eigenvalue weighted by atomic mass is 10.1. The molecule has 1 rings (SSSR count). The Morgan fingerprint density at radius 3 is 2.00 bits per heavy atom. The molecule has 0 amide bonds. The second-order valence-electron chi connectivity index (χ2n) is 4.03. The highest BCUT2D eigenvalue weighted by molar-refractivity contribution is 9.10. The first kappa shape index (κ1) is 16.5. The van der Waals surface area contributed by atoms with E-state index in [9.17, 15) is 8.78 Å². The van der Waals surface area contributed by atoms with Gasteiger partial charge in [0.2, 0.25) is 0 Å². The van der Waals surface area contributed by atoms with Gasteiger partial charge in [-0.25, -0.2) is 0 Å². The molecule has 0 radical (unpaired) electrons. The first-order valence-electron chi connectivity index (χ1n) is 5.68. The van der Waals surface area contributed by atoms with Crippen LogP contribution in [0.1, 0.15) is 11.6 Å². The van der Waals surface area contributed by atoms with Crippen molar-refractivity contribution in [3.63, 3.8) is 0 Å². The lowest BCUT2D eigenvalue weighted by Crippen LogP contribution is -2.37. The Bertz CT molecular complexity index is 416. The highest BCUT2D eigenvalue weighted by Crippen LogP contribution is 2.41. The number of hydrogen-bond acceptors (Lipinski definition) is 1. The summed E-state index contributed by atoms with van der Waals surface area (Å²) in [7, 11) is 0. The van der Waals surface area contributed by atoms with Crippen LogP contribution in [0, 0.1) is 0 Å². The molecule has 0 aliphatic carbocycles. The molecule has 1 atom stereocenters. The minimum Gasteiger partial charge on any atom is -0.283 e. The Balaban J connectivity index is 3.15. The van der Waals surface area contributed by atoms with Gasteiger partial charge in [-0.15, -0.1) is 13.2 Å². The molecule has 0 heterocycles. The van der Waals surface area contributed by atoms with Gasteiger partial charge >= 0.3 is 4.83 Å². The SMILES string of the molecule is C=CCN(CC=C)C(c1ccc(Br)cc1)C(F)(F)Br. The van der Waals surface area contributed by atoms with E-state index in [1.165, 1.54) is 0 Å². The van der Waals surface area contributed by atoms with Gasteiger partial charge in [0, 0.05) is 17.6 Å². The van der Waals surface area contributed by atoms with Crippen molar-refractivity contribution in [2.45, 2.75) is 10.9 Å². The van der Waals surface area contributed by atoms with Crippen molar-refractivity contribution in [1.29, 1.82) is 0 Å².